The number of benzene rings is 1. The Morgan fingerprint density at radius 3 is 2.27 bits per heavy atom. The van der Waals surface area contributed by atoms with Crippen molar-refractivity contribution >= 4 is 11.6 Å². The van der Waals surface area contributed by atoms with Gasteiger partial charge in [-0.15, -0.1) is 0 Å². The molecule has 0 aliphatic carbocycles. The number of hydrogen-bond acceptors (Lipinski definition) is 4. The molecule has 0 bridgehead atoms. The molecule has 1 aromatic rings. The minimum absolute atomic E-state index is 0.176. The minimum Gasteiger partial charge on any atom is -0.492 e. The molecule has 0 aromatic heterocycles. The lowest BCUT2D eigenvalue weighted by Gasteiger charge is -2.21. The van der Waals surface area contributed by atoms with E-state index < -0.39 is 5.60 Å². The highest BCUT2D eigenvalue weighted by Gasteiger charge is 2.26. The van der Waals surface area contributed by atoms with Crippen molar-refractivity contribution in [3.8, 4) is 5.75 Å². The highest BCUT2D eigenvalue weighted by Crippen LogP contribution is 2.18. The molecular weight excluding hydrogens is 280 g/mol. The van der Waals surface area contributed by atoms with E-state index in [0.29, 0.717) is 6.61 Å². The first-order chi connectivity index (χ1) is 10.4. The van der Waals surface area contributed by atoms with Crippen LogP contribution in [0.5, 0.6) is 5.75 Å². The number of carbonyl (C=O) groups is 1. The van der Waals surface area contributed by atoms with Gasteiger partial charge >= 0.3 is 0 Å². The maximum absolute atomic E-state index is 12.0. The van der Waals surface area contributed by atoms with Crippen LogP contribution >= 0.6 is 0 Å². The molecule has 5 heteroatoms. The first kappa shape index (κ1) is 18.5. The van der Waals surface area contributed by atoms with E-state index in [2.05, 4.69) is 24.1 Å². The summed E-state index contributed by atoms with van der Waals surface area (Å²) in [6.45, 7) is 11.4. The zero-order valence-corrected chi connectivity index (χ0v) is 14.3. The molecule has 0 heterocycles. The lowest BCUT2D eigenvalue weighted by molar-refractivity contribution is -0.133. The maximum atomic E-state index is 12.0. The van der Waals surface area contributed by atoms with Gasteiger partial charge in [0.05, 0.1) is 0 Å². The number of hydrogen-bond donors (Lipinski definition) is 1. The molecule has 1 aromatic carbocycles. The molecule has 0 fully saturated rings. The Labute approximate surface area is 133 Å². The SMILES string of the molecule is CCN(CC)CCOc1ccc(NC(=O)C(C)(C)OC)cc1. The Hall–Kier alpha value is -1.59. The van der Waals surface area contributed by atoms with E-state index in [1.54, 1.807) is 13.8 Å². The van der Waals surface area contributed by atoms with Crippen molar-refractivity contribution in [3.63, 3.8) is 0 Å². The predicted octanol–water partition coefficient (Wildman–Crippen LogP) is 2.77. The van der Waals surface area contributed by atoms with Gasteiger partial charge in [0.1, 0.15) is 18.0 Å². The van der Waals surface area contributed by atoms with Crippen LogP contribution in [-0.4, -0.2) is 49.8 Å². The molecule has 0 aliphatic heterocycles. The fraction of sp³-hybridized carbons (Fsp3) is 0.588. The monoisotopic (exact) mass is 308 g/mol. The zero-order valence-electron chi connectivity index (χ0n) is 14.3. The standard InChI is InChI=1S/C17H28N2O3/c1-6-19(7-2)12-13-22-15-10-8-14(9-11-15)18-16(20)17(3,4)21-5/h8-11H,6-7,12-13H2,1-5H3,(H,18,20). The third-order valence-electron chi connectivity index (χ3n) is 3.74. The second-order valence-electron chi connectivity index (χ2n) is 5.57. The summed E-state index contributed by atoms with van der Waals surface area (Å²) in [5, 5.41) is 2.83. The summed E-state index contributed by atoms with van der Waals surface area (Å²) in [7, 11) is 1.52. The second kappa shape index (κ2) is 8.76. The van der Waals surface area contributed by atoms with Crippen molar-refractivity contribution in [2.75, 3.05) is 38.7 Å². The predicted molar refractivity (Wildman–Crippen MR) is 89.4 cm³/mol. The van der Waals surface area contributed by atoms with E-state index in [-0.39, 0.29) is 5.91 Å². The van der Waals surface area contributed by atoms with Gasteiger partial charge in [-0.05, 0) is 51.2 Å². The van der Waals surface area contributed by atoms with Gasteiger partial charge in [-0.3, -0.25) is 4.79 Å². The molecule has 0 saturated heterocycles. The zero-order chi connectivity index (χ0) is 16.6. The first-order valence-electron chi connectivity index (χ1n) is 7.74. The molecule has 5 nitrogen and oxygen atoms in total. The topological polar surface area (TPSA) is 50.8 Å². The normalized spacial score (nSPS) is 11.5. The summed E-state index contributed by atoms with van der Waals surface area (Å²) in [6, 6.07) is 7.38. The van der Waals surface area contributed by atoms with Crippen LogP contribution in [0, 0.1) is 0 Å². The number of nitrogens with zero attached hydrogens (tertiary/aromatic N) is 1. The van der Waals surface area contributed by atoms with Crippen molar-refractivity contribution in [2.24, 2.45) is 0 Å². The molecule has 0 unspecified atom stereocenters. The number of likely N-dealkylation sites (N-methyl/N-ethyl adjacent to an activating group) is 1. The van der Waals surface area contributed by atoms with Crippen molar-refractivity contribution in [1.82, 2.24) is 4.90 Å². The van der Waals surface area contributed by atoms with E-state index >= 15 is 0 Å². The number of methoxy groups -OCH3 is 1. The third kappa shape index (κ3) is 5.66. The minimum atomic E-state index is -0.848. The molecule has 1 rings (SSSR count). The van der Waals surface area contributed by atoms with Crippen LogP contribution in [0.3, 0.4) is 0 Å². The summed E-state index contributed by atoms with van der Waals surface area (Å²) in [6.07, 6.45) is 0. The first-order valence-corrected chi connectivity index (χ1v) is 7.74. The number of anilines is 1. The quantitative estimate of drug-likeness (QED) is 0.762. The lowest BCUT2D eigenvalue weighted by atomic mass is 10.1. The Morgan fingerprint density at radius 1 is 1.18 bits per heavy atom. The van der Waals surface area contributed by atoms with Crippen molar-refractivity contribution in [3.05, 3.63) is 24.3 Å². The molecule has 0 aliphatic rings. The lowest BCUT2D eigenvalue weighted by Crippen LogP contribution is -2.38. The van der Waals surface area contributed by atoms with Gasteiger partial charge in [-0.25, -0.2) is 0 Å². The summed E-state index contributed by atoms with van der Waals surface area (Å²) in [5.74, 6) is 0.626. The molecule has 124 valence electrons. The van der Waals surface area contributed by atoms with Crippen LogP contribution in [0.25, 0.3) is 0 Å². The molecule has 1 amide bonds. The van der Waals surface area contributed by atoms with Gasteiger partial charge in [0, 0.05) is 19.3 Å². The van der Waals surface area contributed by atoms with Gasteiger partial charge in [0.2, 0.25) is 0 Å². The van der Waals surface area contributed by atoms with Crippen LogP contribution < -0.4 is 10.1 Å². The van der Waals surface area contributed by atoms with E-state index in [1.807, 2.05) is 24.3 Å². The van der Waals surface area contributed by atoms with Gasteiger partial charge in [0.15, 0.2) is 0 Å². The van der Waals surface area contributed by atoms with Crippen molar-refractivity contribution in [2.45, 2.75) is 33.3 Å². The summed E-state index contributed by atoms with van der Waals surface area (Å²) >= 11 is 0. The molecule has 0 radical (unpaired) electrons. The van der Waals surface area contributed by atoms with E-state index in [0.717, 1.165) is 31.1 Å². The fourth-order valence-corrected chi connectivity index (χ4v) is 1.84. The molecule has 0 spiro atoms. The van der Waals surface area contributed by atoms with Crippen LogP contribution in [-0.2, 0) is 9.53 Å². The van der Waals surface area contributed by atoms with Gasteiger partial charge in [0.25, 0.3) is 5.91 Å². The molecule has 0 atom stereocenters. The smallest absolute Gasteiger partial charge is 0.256 e. The highest BCUT2D eigenvalue weighted by atomic mass is 16.5. The Kier molecular flexibility index (Phi) is 7.35. The number of nitrogens with one attached hydrogen (secondary N) is 1. The maximum Gasteiger partial charge on any atom is 0.256 e. The fourth-order valence-electron chi connectivity index (χ4n) is 1.84. The number of rotatable bonds is 9. The summed E-state index contributed by atoms with van der Waals surface area (Å²) in [4.78, 5) is 14.3. The van der Waals surface area contributed by atoms with Crippen LogP contribution in [0.15, 0.2) is 24.3 Å². The van der Waals surface area contributed by atoms with Crippen molar-refractivity contribution in [1.29, 1.82) is 0 Å². The number of ether oxygens (including phenoxy) is 2. The van der Waals surface area contributed by atoms with Crippen molar-refractivity contribution < 1.29 is 14.3 Å². The van der Waals surface area contributed by atoms with Crippen LogP contribution in [0.1, 0.15) is 27.7 Å². The van der Waals surface area contributed by atoms with Gasteiger partial charge in [-0.2, -0.15) is 0 Å². The van der Waals surface area contributed by atoms with Crippen LogP contribution in [0.2, 0.25) is 0 Å². The number of carbonyl (C=O) groups excluding carboxylic acids is 1. The summed E-state index contributed by atoms with van der Waals surface area (Å²) < 4.78 is 10.9. The number of amides is 1. The molecular formula is C17H28N2O3. The Bertz CT molecular complexity index is 453. The Balaban J connectivity index is 2.48. The highest BCUT2D eigenvalue weighted by molar-refractivity contribution is 5.96. The van der Waals surface area contributed by atoms with E-state index in [1.165, 1.54) is 7.11 Å². The van der Waals surface area contributed by atoms with Gasteiger partial charge in [-0.1, -0.05) is 13.8 Å². The van der Waals surface area contributed by atoms with E-state index in [4.69, 9.17) is 9.47 Å². The largest absolute Gasteiger partial charge is 0.492 e. The average molecular weight is 308 g/mol. The third-order valence-corrected chi connectivity index (χ3v) is 3.74. The second-order valence-corrected chi connectivity index (χ2v) is 5.57. The molecule has 22 heavy (non-hydrogen) atoms. The van der Waals surface area contributed by atoms with Crippen LogP contribution in [0.4, 0.5) is 5.69 Å². The Morgan fingerprint density at radius 2 is 1.77 bits per heavy atom. The van der Waals surface area contributed by atoms with E-state index in [9.17, 15) is 4.79 Å². The summed E-state index contributed by atoms with van der Waals surface area (Å²) in [5.41, 5.74) is -0.120. The van der Waals surface area contributed by atoms with Gasteiger partial charge < -0.3 is 19.7 Å². The average Bonchev–Trinajstić information content (AvgIpc) is 2.53. The molecule has 1 N–H and O–H groups in total. The molecule has 0 saturated carbocycles.